The minimum absolute atomic E-state index is 0.772. The molecule has 0 aliphatic heterocycles. The van der Waals surface area contributed by atoms with E-state index in [1.807, 2.05) is 25.9 Å². The molecule has 3 nitrogen and oxygen atoms in total. The Morgan fingerprint density at radius 3 is 2.62 bits per heavy atom. The monoisotopic (exact) mass is 196 g/mol. The van der Waals surface area contributed by atoms with Gasteiger partial charge in [0.2, 0.25) is 0 Å². The molecule has 13 heavy (non-hydrogen) atoms. The molecule has 0 spiro atoms. The summed E-state index contributed by atoms with van der Waals surface area (Å²) in [6.45, 7) is 1.94. The van der Waals surface area contributed by atoms with E-state index in [0.29, 0.717) is 0 Å². The molecule has 0 N–H and O–H groups in total. The van der Waals surface area contributed by atoms with Crippen LogP contribution in [-0.2, 0) is 4.79 Å². The molecular formula is C9H12N2OS. The fourth-order valence-electron chi connectivity index (χ4n) is 0.866. The molecule has 1 aromatic heterocycles. The summed E-state index contributed by atoms with van der Waals surface area (Å²) >= 11 is 1.58. The van der Waals surface area contributed by atoms with E-state index in [0.717, 1.165) is 22.0 Å². The lowest BCUT2D eigenvalue weighted by Crippen LogP contribution is -2.07. The molecule has 4 heteroatoms. The number of aldehydes is 1. The number of rotatable bonds is 3. The summed E-state index contributed by atoms with van der Waals surface area (Å²) < 4.78 is 0. The van der Waals surface area contributed by atoms with Crippen LogP contribution in [0, 0.1) is 6.92 Å². The van der Waals surface area contributed by atoms with Gasteiger partial charge < -0.3 is 4.90 Å². The largest absolute Gasteiger partial charge is 0.354 e. The first-order valence-electron chi connectivity index (χ1n) is 3.91. The third-order valence-electron chi connectivity index (χ3n) is 1.53. The van der Waals surface area contributed by atoms with Gasteiger partial charge in [0.05, 0.1) is 10.6 Å². The van der Waals surface area contributed by atoms with E-state index in [-0.39, 0.29) is 0 Å². The van der Waals surface area contributed by atoms with Crippen molar-refractivity contribution in [3.05, 3.63) is 16.6 Å². The predicted molar refractivity (Wildman–Crippen MR) is 56.3 cm³/mol. The van der Waals surface area contributed by atoms with Crippen molar-refractivity contribution in [3.8, 4) is 0 Å². The van der Waals surface area contributed by atoms with Crippen LogP contribution >= 0.6 is 11.3 Å². The number of hydrogen-bond acceptors (Lipinski definition) is 4. The minimum Gasteiger partial charge on any atom is -0.354 e. The Morgan fingerprint density at radius 1 is 1.46 bits per heavy atom. The maximum absolute atomic E-state index is 10.1. The third kappa shape index (κ3) is 2.39. The normalized spacial score (nSPS) is 10.7. The van der Waals surface area contributed by atoms with Crippen molar-refractivity contribution in [1.29, 1.82) is 0 Å². The summed E-state index contributed by atoms with van der Waals surface area (Å²) in [6.07, 6.45) is 4.04. The highest BCUT2D eigenvalue weighted by atomic mass is 32.1. The van der Waals surface area contributed by atoms with Gasteiger partial charge in [-0.3, -0.25) is 4.79 Å². The van der Waals surface area contributed by atoms with Crippen molar-refractivity contribution >= 4 is 28.8 Å². The van der Waals surface area contributed by atoms with E-state index in [4.69, 9.17) is 0 Å². The van der Waals surface area contributed by atoms with Crippen molar-refractivity contribution in [1.82, 2.24) is 4.98 Å². The lowest BCUT2D eigenvalue weighted by Gasteiger charge is -2.04. The number of aryl methyl sites for hydroxylation is 1. The highest BCUT2D eigenvalue weighted by Crippen LogP contribution is 2.25. The maximum Gasteiger partial charge on any atom is 0.185 e. The molecule has 0 bridgehead atoms. The number of thiazole rings is 1. The molecule has 1 heterocycles. The Kier molecular flexibility index (Phi) is 3.19. The first kappa shape index (κ1) is 9.92. The van der Waals surface area contributed by atoms with Gasteiger partial charge in [-0.05, 0) is 19.1 Å². The number of nitrogens with zero attached hydrogens (tertiary/aromatic N) is 2. The number of aromatic nitrogens is 1. The molecule has 1 aromatic rings. The first-order valence-corrected chi connectivity index (χ1v) is 4.73. The van der Waals surface area contributed by atoms with Crippen LogP contribution in [0.2, 0.25) is 0 Å². The third-order valence-corrected chi connectivity index (χ3v) is 2.82. The molecule has 0 unspecified atom stereocenters. The van der Waals surface area contributed by atoms with Crippen LogP contribution < -0.4 is 4.90 Å². The van der Waals surface area contributed by atoms with E-state index in [1.54, 1.807) is 17.4 Å². The van der Waals surface area contributed by atoms with Crippen LogP contribution in [0.3, 0.4) is 0 Å². The summed E-state index contributed by atoms with van der Waals surface area (Å²) in [5.41, 5.74) is 0.965. The second kappa shape index (κ2) is 4.18. The molecular weight excluding hydrogens is 184 g/mol. The molecule has 0 atom stereocenters. The van der Waals surface area contributed by atoms with E-state index in [2.05, 4.69) is 4.98 Å². The Hall–Kier alpha value is -1.16. The molecule has 0 amide bonds. The van der Waals surface area contributed by atoms with Gasteiger partial charge in [0, 0.05) is 14.1 Å². The average molecular weight is 196 g/mol. The van der Waals surface area contributed by atoms with E-state index in [9.17, 15) is 4.79 Å². The van der Waals surface area contributed by atoms with Gasteiger partial charge in [-0.2, -0.15) is 0 Å². The van der Waals surface area contributed by atoms with Crippen molar-refractivity contribution in [2.75, 3.05) is 19.0 Å². The highest BCUT2D eigenvalue weighted by molar-refractivity contribution is 7.16. The molecule has 70 valence electrons. The van der Waals surface area contributed by atoms with Gasteiger partial charge in [-0.1, -0.05) is 11.3 Å². The van der Waals surface area contributed by atoms with Crippen molar-refractivity contribution in [2.45, 2.75) is 6.92 Å². The number of carbonyl (C=O) groups excluding carboxylic acids is 1. The summed E-state index contributed by atoms with van der Waals surface area (Å²) in [4.78, 5) is 17.4. The van der Waals surface area contributed by atoms with Gasteiger partial charge >= 0.3 is 0 Å². The Labute approximate surface area is 81.7 Å². The molecule has 0 aromatic carbocycles. The maximum atomic E-state index is 10.1. The Balaban J connectivity index is 2.96. The zero-order valence-electron chi connectivity index (χ0n) is 7.94. The number of anilines is 1. The molecule has 0 saturated carbocycles. The van der Waals surface area contributed by atoms with Crippen LogP contribution in [0.4, 0.5) is 5.13 Å². The fraction of sp³-hybridized carbons (Fsp3) is 0.333. The number of allylic oxidation sites excluding steroid dienone is 1. The smallest absolute Gasteiger partial charge is 0.185 e. The second-order valence-corrected chi connectivity index (χ2v) is 3.84. The Morgan fingerprint density at radius 2 is 2.15 bits per heavy atom. The lowest BCUT2D eigenvalue weighted by molar-refractivity contribution is -0.104. The zero-order chi connectivity index (χ0) is 9.84. The van der Waals surface area contributed by atoms with Crippen LogP contribution in [0.25, 0.3) is 6.08 Å². The van der Waals surface area contributed by atoms with Gasteiger partial charge in [0.25, 0.3) is 0 Å². The van der Waals surface area contributed by atoms with E-state index in [1.165, 1.54) is 6.08 Å². The Bertz CT molecular complexity index is 328. The van der Waals surface area contributed by atoms with Crippen LogP contribution in [0.5, 0.6) is 0 Å². The molecule has 0 aliphatic carbocycles. The summed E-state index contributed by atoms with van der Waals surface area (Å²) in [7, 11) is 3.90. The van der Waals surface area contributed by atoms with Crippen LogP contribution in [0.1, 0.15) is 10.6 Å². The van der Waals surface area contributed by atoms with Gasteiger partial charge in [-0.25, -0.2) is 4.98 Å². The molecule has 0 aliphatic rings. The molecule has 0 fully saturated rings. The molecule has 0 radical (unpaired) electrons. The zero-order valence-corrected chi connectivity index (χ0v) is 8.76. The van der Waals surface area contributed by atoms with E-state index < -0.39 is 0 Å². The first-order chi connectivity index (χ1) is 6.15. The van der Waals surface area contributed by atoms with Crippen molar-refractivity contribution in [2.24, 2.45) is 0 Å². The standard InChI is InChI=1S/C9H12N2OS/c1-7-8(5-4-6-12)13-9(10-7)11(2)3/h4-6H,1-3H3/b5-4+. The summed E-state index contributed by atoms with van der Waals surface area (Å²) in [5.74, 6) is 0. The minimum atomic E-state index is 0.772. The molecule has 1 rings (SSSR count). The predicted octanol–water partition coefficient (Wildman–Crippen LogP) is 1.73. The lowest BCUT2D eigenvalue weighted by atomic mass is 10.4. The molecule has 0 saturated heterocycles. The number of hydrogen-bond donors (Lipinski definition) is 0. The van der Waals surface area contributed by atoms with Crippen molar-refractivity contribution < 1.29 is 4.79 Å². The fourth-order valence-corrected chi connectivity index (χ4v) is 1.77. The van der Waals surface area contributed by atoms with Crippen LogP contribution in [-0.4, -0.2) is 25.4 Å². The summed E-state index contributed by atoms with van der Waals surface area (Å²) in [6, 6.07) is 0. The van der Waals surface area contributed by atoms with Gasteiger partial charge in [-0.15, -0.1) is 0 Å². The quantitative estimate of drug-likeness (QED) is 0.545. The second-order valence-electron chi connectivity index (χ2n) is 2.84. The SMILES string of the molecule is Cc1nc(N(C)C)sc1/C=C/C=O. The topological polar surface area (TPSA) is 33.2 Å². The van der Waals surface area contributed by atoms with Gasteiger partial charge in [0.15, 0.2) is 5.13 Å². The van der Waals surface area contributed by atoms with Crippen molar-refractivity contribution in [3.63, 3.8) is 0 Å². The van der Waals surface area contributed by atoms with Crippen LogP contribution in [0.15, 0.2) is 6.08 Å². The van der Waals surface area contributed by atoms with Gasteiger partial charge in [0.1, 0.15) is 6.29 Å². The summed E-state index contributed by atoms with van der Waals surface area (Å²) in [5, 5.41) is 0.961. The van der Waals surface area contributed by atoms with E-state index >= 15 is 0 Å². The average Bonchev–Trinajstić information content (AvgIpc) is 2.44. The number of carbonyl (C=O) groups is 1. The highest BCUT2D eigenvalue weighted by Gasteiger charge is 2.05.